The highest BCUT2D eigenvalue weighted by molar-refractivity contribution is 7.16. The van der Waals surface area contributed by atoms with Crippen molar-refractivity contribution in [3.63, 3.8) is 0 Å². The topological polar surface area (TPSA) is 102 Å². The van der Waals surface area contributed by atoms with Gasteiger partial charge in [-0.2, -0.15) is 10.2 Å². The molecule has 138 valence electrons. The molecular formula is C18H18N6O2S. The number of amides is 2. The van der Waals surface area contributed by atoms with Gasteiger partial charge in [0.25, 0.3) is 5.91 Å². The Bertz CT molecular complexity index is 900. The second-order valence-corrected chi connectivity index (χ2v) is 7.61. The molecule has 0 bridgehead atoms. The zero-order chi connectivity index (χ0) is 18.8. The van der Waals surface area contributed by atoms with E-state index in [-0.39, 0.29) is 17.7 Å². The van der Waals surface area contributed by atoms with Gasteiger partial charge in [0.2, 0.25) is 11.0 Å². The number of fused-ring (bicyclic) bond motifs is 1. The number of hydrogen-bond donors (Lipinski definition) is 1. The van der Waals surface area contributed by atoms with Gasteiger partial charge < -0.3 is 10.2 Å². The monoisotopic (exact) mass is 382 g/mol. The number of nitriles is 1. The highest BCUT2D eigenvalue weighted by Gasteiger charge is 2.32. The van der Waals surface area contributed by atoms with Crippen LogP contribution in [-0.2, 0) is 17.8 Å². The Morgan fingerprint density at radius 2 is 2.33 bits per heavy atom. The summed E-state index contributed by atoms with van der Waals surface area (Å²) < 4.78 is 0. The molecule has 8 nitrogen and oxygen atoms in total. The van der Waals surface area contributed by atoms with E-state index in [1.165, 1.54) is 11.3 Å². The van der Waals surface area contributed by atoms with E-state index in [1.807, 2.05) is 6.19 Å². The second kappa shape index (κ2) is 7.42. The van der Waals surface area contributed by atoms with E-state index < -0.39 is 0 Å². The fourth-order valence-electron chi connectivity index (χ4n) is 3.36. The maximum absolute atomic E-state index is 12.6. The average Bonchev–Trinajstić information content (AvgIpc) is 3.38. The number of anilines is 1. The van der Waals surface area contributed by atoms with Crippen LogP contribution in [0.15, 0.2) is 24.5 Å². The fourth-order valence-corrected chi connectivity index (χ4v) is 4.44. The summed E-state index contributed by atoms with van der Waals surface area (Å²) in [6.45, 7) is 2.36. The molecule has 2 aliphatic rings. The van der Waals surface area contributed by atoms with Crippen LogP contribution in [0.5, 0.6) is 0 Å². The zero-order valence-electron chi connectivity index (χ0n) is 14.6. The lowest BCUT2D eigenvalue weighted by molar-refractivity contribution is -0.121. The Morgan fingerprint density at radius 1 is 1.44 bits per heavy atom. The molecule has 9 heteroatoms. The van der Waals surface area contributed by atoms with E-state index in [4.69, 9.17) is 0 Å². The normalized spacial score (nSPS) is 18.6. The third-order valence-electron chi connectivity index (χ3n) is 4.84. The highest BCUT2D eigenvalue weighted by atomic mass is 32.1. The lowest BCUT2D eigenvalue weighted by Crippen LogP contribution is -2.35. The molecule has 0 saturated carbocycles. The van der Waals surface area contributed by atoms with Crippen molar-refractivity contribution in [3.05, 3.63) is 40.7 Å². The number of hydrogen-bond acceptors (Lipinski definition) is 7. The molecule has 1 fully saturated rings. The number of carbonyl (C=O) groups excluding carboxylic acids is 2. The zero-order valence-corrected chi connectivity index (χ0v) is 15.4. The van der Waals surface area contributed by atoms with Gasteiger partial charge in [-0.3, -0.25) is 14.6 Å². The summed E-state index contributed by atoms with van der Waals surface area (Å²) in [7, 11) is 0. The average molecular weight is 382 g/mol. The van der Waals surface area contributed by atoms with Crippen LogP contribution in [0.4, 0.5) is 5.13 Å². The summed E-state index contributed by atoms with van der Waals surface area (Å²) in [5.74, 6) is -0.472. The van der Waals surface area contributed by atoms with Crippen molar-refractivity contribution < 1.29 is 9.59 Å². The molecule has 4 rings (SSSR count). The molecule has 0 aliphatic carbocycles. The number of nitrogens with zero attached hydrogens (tertiary/aromatic N) is 5. The summed E-state index contributed by atoms with van der Waals surface area (Å²) in [6.07, 6.45) is 6.51. The molecule has 27 heavy (non-hydrogen) atoms. The summed E-state index contributed by atoms with van der Waals surface area (Å²) in [4.78, 5) is 37.5. The minimum Gasteiger partial charge on any atom is -0.333 e. The molecule has 4 heterocycles. The van der Waals surface area contributed by atoms with Crippen molar-refractivity contribution in [2.75, 3.05) is 24.5 Å². The van der Waals surface area contributed by atoms with E-state index in [9.17, 15) is 14.9 Å². The minimum absolute atomic E-state index is 0.0751. The van der Waals surface area contributed by atoms with Gasteiger partial charge in [0.15, 0.2) is 6.19 Å². The van der Waals surface area contributed by atoms with Crippen LogP contribution in [0.25, 0.3) is 0 Å². The van der Waals surface area contributed by atoms with Crippen LogP contribution in [0, 0.1) is 17.4 Å². The van der Waals surface area contributed by atoms with Crippen LogP contribution in [-0.4, -0.2) is 46.3 Å². The van der Waals surface area contributed by atoms with Crippen molar-refractivity contribution in [2.24, 2.45) is 5.92 Å². The van der Waals surface area contributed by atoms with Crippen molar-refractivity contribution in [3.8, 4) is 6.19 Å². The molecule has 2 amide bonds. The lowest BCUT2D eigenvalue weighted by atomic mass is 10.1. The number of carbonyl (C=O) groups is 2. The molecule has 0 spiro atoms. The first kappa shape index (κ1) is 17.6. The third kappa shape index (κ3) is 3.41. The Hall–Kier alpha value is -2.83. The molecule has 0 aromatic carbocycles. The van der Waals surface area contributed by atoms with E-state index in [0.717, 1.165) is 28.4 Å². The molecule has 1 atom stereocenters. The highest BCUT2D eigenvalue weighted by Crippen LogP contribution is 2.32. The van der Waals surface area contributed by atoms with Gasteiger partial charge in [-0.05, 0) is 25.1 Å². The van der Waals surface area contributed by atoms with Crippen molar-refractivity contribution >= 4 is 28.3 Å². The number of nitrogens with one attached hydrogen (secondary N) is 1. The predicted octanol–water partition coefficient (Wildman–Crippen LogP) is 1.16. The number of aromatic nitrogens is 2. The molecule has 1 N–H and O–H groups in total. The molecule has 0 unspecified atom stereocenters. The van der Waals surface area contributed by atoms with Gasteiger partial charge in [-0.25, -0.2) is 4.98 Å². The molecule has 1 saturated heterocycles. The fraction of sp³-hybridized carbons (Fsp3) is 0.389. The Balaban J connectivity index is 1.52. The van der Waals surface area contributed by atoms with E-state index in [2.05, 4.69) is 15.3 Å². The maximum Gasteiger partial charge on any atom is 0.255 e. The third-order valence-corrected chi connectivity index (χ3v) is 5.90. The van der Waals surface area contributed by atoms with E-state index >= 15 is 0 Å². The first-order valence-electron chi connectivity index (χ1n) is 8.79. The van der Waals surface area contributed by atoms with Gasteiger partial charge in [-0.1, -0.05) is 11.3 Å². The van der Waals surface area contributed by atoms with E-state index in [1.54, 1.807) is 29.4 Å². The van der Waals surface area contributed by atoms with Gasteiger partial charge in [0.1, 0.15) is 0 Å². The Kier molecular flexibility index (Phi) is 4.83. The first-order valence-corrected chi connectivity index (χ1v) is 9.61. The van der Waals surface area contributed by atoms with Crippen molar-refractivity contribution in [1.82, 2.24) is 20.2 Å². The summed E-state index contributed by atoms with van der Waals surface area (Å²) in [5, 5.41) is 13.0. The van der Waals surface area contributed by atoms with Gasteiger partial charge in [0, 0.05) is 36.8 Å². The van der Waals surface area contributed by atoms with Gasteiger partial charge in [-0.15, -0.1) is 0 Å². The standard InChI is InChI=1S/C18H18N6O2S/c19-11-24(17(26)13-3-6-21-9-13)18-22-14-4-7-23(10-15(14)27-18)16(25)12-2-1-5-20-8-12/h1-2,5,8,13,21H,3-4,6-7,9-10H2/t13-/m0/s1. The van der Waals surface area contributed by atoms with Crippen LogP contribution in [0.3, 0.4) is 0 Å². The molecular weight excluding hydrogens is 364 g/mol. The number of rotatable bonds is 3. The summed E-state index contributed by atoms with van der Waals surface area (Å²) in [6, 6.07) is 3.48. The quantitative estimate of drug-likeness (QED) is 0.631. The van der Waals surface area contributed by atoms with Gasteiger partial charge in [0.05, 0.1) is 23.7 Å². The Morgan fingerprint density at radius 3 is 3.04 bits per heavy atom. The smallest absolute Gasteiger partial charge is 0.255 e. The Labute approximate surface area is 160 Å². The summed E-state index contributed by atoms with van der Waals surface area (Å²) >= 11 is 1.31. The van der Waals surface area contributed by atoms with Crippen molar-refractivity contribution in [2.45, 2.75) is 19.4 Å². The second-order valence-electron chi connectivity index (χ2n) is 6.55. The predicted molar refractivity (Wildman–Crippen MR) is 98.9 cm³/mol. The number of pyridine rings is 1. The lowest BCUT2D eigenvalue weighted by Gasteiger charge is -2.25. The SMILES string of the molecule is N#CN(C(=O)[C@H]1CCNC1)c1nc2c(s1)CN(C(=O)c1cccnc1)CC2. The number of thiazole rings is 1. The minimum atomic E-state index is -0.211. The van der Waals surface area contributed by atoms with Crippen LogP contribution >= 0.6 is 11.3 Å². The molecule has 2 aromatic rings. The molecule has 0 radical (unpaired) electrons. The molecule has 2 aliphatic heterocycles. The van der Waals surface area contributed by atoms with Crippen molar-refractivity contribution in [1.29, 1.82) is 5.26 Å². The van der Waals surface area contributed by atoms with Crippen LogP contribution in [0.1, 0.15) is 27.3 Å². The largest absolute Gasteiger partial charge is 0.333 e. The first-order chi connectivity index (χ1) is 13.2. The van der Waals surface area contributed by atoms with Crippen LogP contribution < -0.4 is 10.2 Å². The maximum atomic E-state index is 12.6. The summed E-state index contributed by atoms with van der Waals surface area (Å²) in [5.41, 5.74) is 1.41. The molecule has 2 aromatic heterocycles. The van der Waals surface area contributed by atoms with E-state index in [0.29, 0.717) is 36.8 Å². The van der Waals surface area contributed by atoms with Gasteiger partial charge >= 0.3 is 0 Å². The van der Waals surface area contributed by atoms with Crippen LogP contribution in [0.2, 0.25) is 0 Å².